The van der Waals surface area contributed by atoms with Crippen LogP contribution in [0.5, 0.6) is 0 Å². The minimum atomic E-state index is -5.10. The van der Waals surface area contributed by atoms with Crippen LogP contribution in [0, 0.1) is 0 Å². The lowest BCUT2D eigenvalue weighted by Crippen LogP contribution is -2.32. The molecule has 3 rings (SSSR count). The summed E-state index contributed by atoms with van der Waals surface area (Å²) in [5.74, 6) is 0. The van der Waals surface area contributed by atoms with E-state index in [1.165, 1.54) is 13.0 Å². The molecule has 192 valence electrons. The summed E-state index contributed by atoms with van der Waals surface area (Å²) in [5, 5.41) is 2.85. The van der Waals surface area contributed by atoms with Gasteiger partial charge in [-0.05, 0) is 61.4 Å². The van der Waals surface area contributed by atoms with E-state index in [-0.39, 0.29) is 17.3 Å². The predicted octanol–water partition coefficient (Wildman–Crippen LogP) is 7.26. The number of nitrogens with one attached hydrogen (secondary N) is 1. The monoisotopic (exact) mass is 514 g/mol. The fraction of sp³-hybridized carbons (Fsp3) is 0.409. The quantitative estimate of drug-likeness (QED) is 0.427. The highest BCUT2D eigenvalue weighted by Crippen LogP contribution is 2.41. The standard InChI is InChI=1S/C22H19F9N2O2/c1-3-32-17-5-4-14(20(23,24)25)8-13(17)10-33-11(2)18(35-19(33)34)12-6-15(21(26,27)28)9-16(7-12)22(29,30)31/h4-9,11,18,32H,3,10H2,1-2H3. The van der Waals surface area contributed by atoms with E-state index in [4.69, 9.17) is 4.74 Å². The lowest BCUT2D eigenvalue weighted by molar-refractivity contribution is -0.143. The molecule has 13 heteroatoms. The van der Waals surface area contributed by atoms with Crippen molar-refractivity contribution in [2.75, 3.05) is 11.9 Å². The number of carbonyl (C=O) groups excluding carboxylic acids is 1. The zero-order chi connectivity index (χ0) is 26.3. The molecule has 2 aromatic carbocycles. The first-order valence-corrected chi connectivity index (χ1v) is 10.2. The minimum Gasteiger partial charge on any atom is -0.439 e. The Bertz CT molecular complexity index is 1060. The Morgan fingerprint density at radius 2 is 1.40 bits per heavy atom. The van der Waals surface area contributed by atoms with E-state index >= 15 is 0 Å². The van der Waals surface area contributed by atoms with Crippen LogP contribution in [0.3, 0.4) is 0 Å². The summed E-state index contributed by atoms with van der Waals surface area (Å²) in [7, 11) is 0. The molecular formula is C22H19F9N2O2. The maximum absolute atomic E-state index is 13.2. The molecule has 1 amide bonds. The summed E-state index contributed by atoms with van der Waals surface area (Å²) in [6, 6.07) is 2.62. The van der Waals surface area contributed by atoms with Gasteiger partial charge >= 0.3 is 24.6 Å². The molecule has 35 heavy (non-hydrogen) atoms. The molecule has 2 unspecified atom stereocenters. The van der Waals surface area contributed by atoms with E-state index in [9.17, 15) is 44.3 Å². The maximum Gasteiger partial charge on any atom is 0.416 e. The molecule has 1 fully saturated rings. The van der Waals surface area contributed by atoms with Gasteiger partial charge in [0.05, 0.1) is 29.3 Å². The van der Waals surface area contributed by atoms with Gasteiger partial charge in [-0.2, -0.15) is 39.5 Å². The van der Waals surface area contributed by atoms with Crippen LogP contribution in [0.2, 0.25) is 0 Å². The van der Waals surface area contributed by atoms with Crippen LogP contribution in [0.15, 0.2) is 36.4 Å². The Hall–Kier alpha value is -3.12. The second-order valence-corrected chi connectivity index (χ2v) is 7.91. The second kappa shape index (κ2) is 9.15. The number of hydrogen-bond donors (Lipinski definition) is 1. The van der Waals surface area contributed by atoms with Gasteiger partial charge in [0.2, 0.25) is 0 Å². The summed E-state index contributed by atoms with van der Waals surface area (Å²) in [6.07, 6.45) is -17.5. The van der Waals surface area contributed by atoms with Crippen molar-refractivity contribution in [2.24, 2.45) is 0 Å². The third-order valence-corrected chi connectivity index (χ3v) is 5.47. The van der Waals surface area contributed by atoms with Crippen molar-refractivity contribution >= 4 is 11.8 Å². The Morgan fingerprint density at radius 3 is 1.89 bits per heavy atom. The molecule has 0 saturated carbocycles. The Balaban J connectivity index is 1.98. The topological polar surface area (TPSA) is 41.6 Å². The van der Waals surface area contributed by atoms with E-state index < -0.39 is 65.6 Å². The smallest absolute Gasteiger partial charge is 0.416 e. The third kappa shape index (κ3) is 5.76. The van der Waals surface area contributed by atoms with Gasteiger partial charge in [-0.1, -0.05) is 0 Å². The molecule has 4 nitrogen and oxygen atoms in total. The second-order valence-electron chi connectivity index (χ2n) is 7.91. The first-order valence-electron chi connectivity index (χ1n) is 10.2. The average Bonchev–Trinajstić information content (AvgIpc) is 3.01. The summed E-state index contributed by atoms with van der Waals surface area (Å²) in [4.78, 5) is 13.5. The lowest BCUT2D eigenvalue weighted by Gasteiger charge is -2.24. The molecule has 1 aliphatic heterocycles. The number of amides is 1. The van der Waals surface area contributed by atoms with Crippen LogP contribution in [-0.4, -0.2) is 23.6 Å². The largest absolute Gasteiger partial charge is 0.439 e. The number of cyclic esters (lactones) is 1. The zero-order valence-electron chi connectivity index (χ0n) is 18.2. The zero-order valence-corrected chi connectivity index (χ0v) is 18.2. The molecule has 2 aromatic rings. The average molecular weight is 514 g/mol. The number of carbonyl (C=O) groups is 1. The fourth-order valence-electron chi connectivity index (χ4n) is 3.75. The molecule has 2 atom stereocenters. The van der Waals surface area contributed by atoms with Crippen molar-refractivity contribution in [3.8, 4) is 0 Å². The highest BCUT2D eigenvalue weighted by molar-refractivity contribution is 5.71. The summed E-state index contributed by atoms with van der Waals surface area (Å²) >= 11 is 0. The van der Waals surface area contributed by atoms with Crippen molar-refractivity contribution in [1.82, 2.24) is 4.90 Å². The van der Waals surface area contributed by atoms with Crippen molar-refractivity contribution in [1.29, 1.82) is 0 Å². The van der Waals surface area contributed by atoms with Gasteiger partial charge in [-0.25, -0.2) is 4.79 Å². The van der Waals surface area contributed by atoms with Crippen LogP contribution in [0.4, 0.5) is 50.0 Å². The van der Waals surface area contributed by atoms with Crippen molar-refractivity contribution in [3.05, 3.63) is 64.2 Å². The summed E-state index contributed by atoms with van der Waals surface area (Å²) < 4.78 is 124. The Kier molecular flexibility index (Phi) is 6.93. The number of ether oxygens (including phenoxy) is 1. The minimum absolute atomic E-state index is 0.0474. The van der Waals surface area contributed by atoms with Crippen molar-refractivity contribution < 1.29 is 49.0 Å². The van der Waals surface area contributed by atoms with Gasteiger partial charge in [-0.15, -0.1) is 0 Å². The van der Waals surface area contributed by atoms with Gasteiger partial charge in [0.15, 0.2) is 0 Å². The highest BCUT2D eigenvalue weighted by Gasteiger charge is 2.43. The van der Waals surface area contributed by atoms with Crippen molar-refractivity contribution in [2.45, 2.75) is 51.1 Å². The van der Waals surface area contributed by atoms with Crippen molar-refractivity contribution in [3.63, 3.8) is 0 Å². The molecule has 1 saturated heterocycles. The SMILES string of the molecule is CCNc1ccc(C(F)(F)F)cc1CN1C(=O)OC(c2cc(C(F)(F)F)cc(C(F)(F)F)c2)C1C. The first kappa shape index (κ1) is 26.5. The number of anilines is 1. The number of benzene rings is 2. The van der Waals surface area contributed by atoms with Crippen LogP contribution in [-0.2, 0) is 29.8 Å². The van der Waals surface area contributed by atoms with E-state index in [2.05, 4.69) is 5.32 Å². The van der Waals surface area contributed by atoms with Gasteiger partial charge < -0.3 is 10.1 Å². The molecule has 1 N–H and O–H groups in total. The van der Waals surface area contributed by atoms with Crippen LogP contribution >= 0.6 is 0 Å². The summed E-state index contributed by atoms with van der Waals surface area (Å²) in [6.45, 7) is 2.93. The molecule has 0 spiro atoms. The molecule has 1 heterocycles. The maximum atomic E-state index is 13.2. The van der Waals surface area contributed by atoms with Gasteiger partial charge in [0, 0.05) is 12.2 Å². The molecular weight excluding hydrogens is 495 g/mol. The van der Waals surface area contributed by atoms with Gasteiger partial charge in [0.25, 0.3) is 0 Å². The number of nitrogens with zero attached hydrogens (tertiary/aromatic N) is 1. The van der Waals surface area contributed by atoms with E-state index in [1.54, 1.807) is 6.92 Å². The number of hydrogen-bond acceptors (Lipinski definition) is 3. The Morgan fingerprint density at radius 1 is 0.857 bits per heavy atom. The van der Waals surface area contributed by atoms with E-state index in [1.807, 2.05) is 0 Å². The molecule has 0 aromatic heterocycles. The third-order valence-electron chi connectivity index (χ3n) is 5.47. The molecule has 1 aliphatic rings. The molecule has 0 aliphatic carbocycles. The number of rotatable bonds is 5. The van der Waals surface area contributed by atoms with E-state index in [0.717, 1.165) is 17.0 Å². The highest BCUT2D eigenvalue weighted by atomic mass is 19.4. The number of halogens is 9. The van der Waals surface area contributed by atoms with Gasteiger partial charge in [0.1, 0.15) is 6.10 Å². The fourth-order valence-corrected chi connectivity index (χ4v) is 3.75. The summed E-state index contributed by atoms with van der Waals surface area (Å²) in [5.41, 5.74) is -4.34. The molecule has 0 bridgehead atoms. The lowest BCUT2D eigenvalue weighted by atomic mass is 9.97. The van der Waals surface area contributed by atoms with Gasteiger partial charge in [-0.3, -0.25) is 4.90 Å². The number of alkyl halides is 9. The molecule has 0 radical (unpaired) electrons. The normalized spacial score (nSPS) is 19.2. The van der Waals surface area contributed by atoms with Crippen LogP contribution in [0.1, 0.15) is 47.8 Å². The first-order chi connectivity index (χ1) is 16.0. The predicted molar refractivity (Wildman–Crippen MR) is 106 cm³/mol. The van der Waals surface area contributed by atoms with Crippen LogP contribution < -0.4 is 5.32 Å². The van der Waals surface area contributed by atoms with E-state index in [0.29, 0.717) is 18.7 Å². The van der Waals surface area contributed by atoms with Crippen LogP contribution in [0.25, 0.3) is 0 Å². The Labute approximate surface area is 193 Å².